The number of ether oxygens (including phenoxy) is 2. The first-order chi connectivity index (χ1) is 11.4. The predicted molar refractivity (Wildman–Crippen MR) is 110 cm³/mol. The second-order valence-electron chi connectivity index (χ2n) is 6.35. The first-order valence-corrected chi connectivity index (χ1v) is 9.20. The summed E-state index contributed by atoms with van der Waals surface area (Å²) in [7, 11) is 1.82. The minimum atomic E-state index is 0. The number of rotatable bonds is 9. The van der Waals surface area contributed by atoms with Gasteiger partial charge in [-0.25, -0.2) is 0 Å². The second kappa shape index (κ2) is 13.9. The van der Waals surface area contributed by atoms with E-state index in [0.29, 0.717) is 6.10 Å². The van der Waals surface area contributed by atoms with Gasteiger partial charge in [0.25, 0.3) is 0 Å². The Bertz CT molecular complexity index is 382. The number of nitrogens with zero attached hydrogens (tertiary/aromatic N) is 1. The van der Waals surface area contributed by atoms with Crippen molar-refractivity contribution in [2.45, 2.75) is 57.5 Å². The summed E-state index contributed by atoms with van der Waals surface area (Å²) in [5.41, 5.74) is 1.60. The zero-order valence-corrected chi connectivity index (χ0v) is 17.3. The van der Waals surface area contributed by atoms with E-state index in [1.54, 1.807) is 5.57 Å². The van der Waals surface area contributed by atoms with Crippen LogP contribution in [0.3, 0.4) is 0 Å². The number of nitrogens with one attached hydrogen (secondary N) is 2. The van der Waals surface area contributed by atoms with Crippen molar-refractivity contribution in [1.82, 2.24) is 10.6 Å². The fraction of sp³-hybridized carbons (Fsp3) is 0.833. The maximum absolute atomic E-state index is 5.66. The Hall–Kier alpha value is -0.340. The molecule has 0 bridgehead atoms. The smallest absolute Gasteiger partial charge is 0.190 e. The molecule has 5 nitrogen and oxygen atoms in total. The zero-order valence-electron chi connectivity index (χ0n) is 15.0. The molecule has 140 valence electrons. The van der Waals surface area contributed by atoms with Crippen LogP contribution in [0.2, 0.25) is 0 Å². The van der Waals surface area contributed by atoms with Crippen LogP contribution in [0.25, 0.3) is 0 Å². The Morgan fingerprint density at radius 2 is 2.17 bits per heavy atom. The van der Waals surface area contributed by atoms with Crippen LogP contribution in [0.4, 0.5) is 0 Å². The molecule has 0 saturated carbocycles. The van der Waals surface area contributed by atoms with Gasteiger partial charge in [-0.1, -0.05) is 11.6 Å². The van der Waals surface area contributed by atoms with E-state index in [2.05, 4.69) is 21.7 Å². The molecule has 1 saturated heterocycles. The minimum Gasteiger partial charge on any atom is -0.379 e. The third kappa shape index (κ3) is 9.22. The van der Waals surface area contributed by atoms with Crippen molar-refractivity contribution in [1.29, 1.82) is 0 Å². The first-order valence-electron chi connectivity index (χ1n) is 9.20. The molecule has 24 heavy (non-hydrogen) atoms. The maximum atomic E-state index is 5.66. The van der Waals surface area contributed by atoms with Gasteiger partial charge in [0.2, 0.25) is 0 Å². The molecule has 1 aliphatic carbocycles. The zero-order chi connectivity index (χ0) is 16.2. The van der Waals surface area contributed by atoms with E-state index >= 15 is 0 Å². The van der Waals surface area contributed by atoms with Gasteiger partial charge >= 0.3 is 0 Å². The summed E-state index contributed by atoms with van der Waals surface area (Å²) < 4.78 is 11.2. The van der Waals surface area contributed by atoms with Gasteiger partial charge in [0, 0.05) is 33.4 Å². The molecule has 0 amide bonds. The summed E-state index contributed by atoms with van der Waals surface area (Å²) >= 11 is 0. The van der Waals surface area contributed by atoms with E-state index in [-0.39, 0.29) is 24.0 Å². The molecule has 1 atom stereocenters. The molecule has 2 rings (SSSR count). The molecular formula is C18H34IN3O2. The number of guanidine groups is 1. The van der Waals surface area contributed by atoms with Gasteiger partial charge in [0.15, 0.2) is 5.96 Å². The number of aliphatic imine (C=N–C) groups is 1. The van der Waals surface area contributed by atoms with Crippen LogP contribution in [0.5, 0.6) is 0 Å². The summed E-state index contributed by atoms with van der Waals surface area (Å²) in [6.45, 7) is 4.25. The van der Waals surface area contributed by atoms with Crippen molar-refractivity contribution >= 4 is 29.9 Å². The van der Waals surface area contributed by atoms with Crippen molar-refractivity contribution < 1.29 is 9.47 Å². The summed E-state index contributed by atoms with van der Waals surface area (Å²) in [4.78, 5) is 4.27. The van der Waals surface area contributed by atoms with Gasteiger partial charge in [-0.15, -0.1) is 24.0 Å². The van der Waals surface area contributed by atoms with Crippen LogP contribution in [-0.4, -0.2) is 52.0 Å². The van der Waals surface area contributed by atoms with Crippen molar-refractivity contribution in [2.75, 3.05) is 40.0 Å². The van der Waals surface area contributed by atoms with E-state index < -0.39 is 0 Å². The lowest BCUT2D eigenvalue weighted by atomic mass is 9.97. The molecule has 0 spiro atoms. The van der Waals surface area contributed by atoms with E-state index in [1.165, 1.54) is 32.1 Å². The van der Waals surface area contributed by atoms with Gasteiger partial charge in [0.05, 0.1) is 12.7 Å². The topological polar surface area (TPSA) is 54.9 Å². The maximum Gasteiger partial charge on any atom is 0.190 e. The summed E-state index contributed by atoms with van der Waals surface area (Å²) in [6, 6.07) is 0. The third-order valence-electron chi connectivity index (χ3n) is 4.43. The highest BCUT2D eigenvalue weighted by Gasteiger charge is 2.14. The van der Waals surface area contributed by atoms with Gasteiger partial charge < -0.3 is 20.1 Å². The molecule has 2 N–H and O–H groups in total. The Labute approximate surface area is 164 Å². The minimum absolute atomic E-state index is 0. The monoisotopic (exact) mass is 451 g/mol. The van der Waals surface area contributed by atoms with Crippen molar-refractivity contribution in [3.05, 3.63) is 11.6 Å². The molecular weight excluding hydrogens is 417 g/mol. The van der Waals surface area contributed by atoms with Crippen LogP contribution in [-0.2, 0) is 9.47 Å². The normalized spacial score (nSPS) is 21.1. The Morgan fingerprint density at radius 1 is 1.29 bits per heavy atom. The van der Waals surface area contributed by atoms with Gasteiger partial charge in [-0.05, 0) is 51.4 Å². The molecule has 0 aromatic rings. The highest BCUT2D eigenvalue weighted by molar-refractivity contribution is 14.0. The third-order valence-corrected chi connectivity index (χ3v) is 4.43. The molecule has 1 heterocycles. The average molecular weight is 451 g/mol. The van der Waals surface area contributed by atoms with Gasteiger partial charge in [-0.2, -0.15) is 0 Å². The lowest BCUT2D eigenvalue weighted by Crippen LogP contribution is -2.38. The Kier molecular flexibility index (Phi) is 12.6. The first kappa shape index (κ1) is 21.7. The Balaban J connectivity index is 0.00000288. The molecule has 0 aromatic carbocycles. The number of hydrogen-bond donors (Lipinski definition) is 2. The SMILES string of the molecule is CN=C(NCCCOCC1CCCO1)NCCC1=CCCCC1.I. The fourth-order valence-corrected chi connectivity index (χ4v) is 3.07. The van der Waals surface area contributed by atoms with Crippen molar-refractivity contribution in [3.63, 3.8) is 0 Å². The molecule has 1 unspecified atom stereocenters. The molecule has 0 radical (unpaired) electrons. The van der Waals surface area contributed by atoms with Crippen LogP contribution < -0.4 is 10.6 Å². The van der Waals surface area contributed by atoms with E-state index in [0.717, 1.165) is 58.1 Å². The molecule has 2 aliphatic rings. The average Bonchev–Trinajstić information content (AvgIpc) is 3.10. The largest absolute Gasteiger partial charge is 0.379 e. The van der Waals surface area contributed by atoms with Crippen molar-refractivity contribution in [3.8, 4) is 0 Å². The predicted octanol–water partition coefficient (Wildman–Crippen LogP) is 3.25. The Morgan fingerprint density at radius 3 is 2.88 bits per heavy atom. The molecule has 1 fully saturated rings. The summed E-state index contributed by atoms with van der Waals surface area (Å²) in [6.07, 6.45) is 12.4. The number of halogens is 1. The standard InChI is InChI=1S/C18H33N3O2.HI/c1-19-18(21-12-10-16-7-3-2-4-8-16)20-11-6-13-22-15-17-9-5-14-23-17;/h7,17H,2-6,8-15H2,1H3,(H2,19,20,21);1H. The van der Waals surface area contributed by atoms with E-state index in [4.69, 9.17) is 9.47 Å². The molecule has 0 aromatic heterocycles. The number of hydrogen-bond acceptors (Lipinski definition) is 3. The van der Waals surface area contributed by atoms with Gasteiger partial charge in [0.1, 0.15) is 0 Å². The quantitative estimate of drug-likeness (QED) is 0.186. The second-order valence-corrected chi connectivity index (χ2v) is 6.35. The highest BCUT2D eigenvalue weighted by Crippen LogP contribution is 2.19. The molecule has 1 aliphatic heterocycles. The highest BCUT2D eigenvalue weighted by atomic mass is 127. The van der Waals surface area contributed by atoms with E-state index in [1.807, 2.05) is 7.05 Å². The molecule has 6 heteroatoms. The van der Waals surface area contributed by atoms with Gasteiger partial charge in [-0.3, -0.25) is 4.99 Å². The fourth-order valence-electron chi connectivity index (χ4n) is 3.07. The van der Waals surface area contributed by atoms with Crippen molar-refractivity contribution in [2.24, 2.45) is 4.99 Å². The summed E-state index contributed by atoms with van der Waals surface area (Å²) in [5.74, 6) is 0.889. The van der Waals surface area contributed by atoms with Crippen LogP contribution in [0.1, 0.15) is 51.4 Å². The number of allylic oxidation sites excluding steroid dienone is 1. The lowest BCUT2D eigenvalue weighted by Gasteiger charge is -2.15. The van der Waals surface area contributed by atoms with E-state index in [9.17, 15) is 0 Å². The summed E-state index contributed by atoms with van der Waals surface area (Å²) in [5, 5.41) is 6.73. The van der Waals surface area contributed by atoms with Crippen LogP contribution in [0, 0.1) is 0 Å². The van der Waals surface area contributed by atoms with Crippen LogP contribution in [0.15, 0.2) is 16.6 Å². The lowest BCUT2D eigenvalue weighted by molar-refractivity contribution is 0.0168. The van der Waals surface area contributed by atoms with Crippen LogP contribution >= 0.6 is 24.0 Å².